The van der Waals surface area contributed by atoms with Gasteiger partial charge in [-0.05, 0) is 44.4 Å². The molecule has 2 N–H and O–H groups in total. The van der Waals surface area contributed by atoms with Crippen molar-refractivity contribution in [3.63, 3.8) is 0 Å². The highest BCUT2D eigenvalue weighted by molar-refractivity contribution is 5.69. The van der Waals surface area contributed by atoms with E-state index in [1.165, 1.54) is 0 Å². The molecule has 3 aromatic carbocycles. The molecule has 1 fully saturated rings. The average molecular weight is 548 g/mol. The van der Waals surface area contributed by atoms with Gasteiger partial charge in [0.1, 0.15) is 17.8 Å². The van der Waals surface area contributed by atoms with Crippen LogP contribution < -0.4 is 5.32 Å². The van der Waals surface area contributed by atoms with E-state index in [0.29, 0.717) is 19.8 Å². The van der Waals surface area contributed by atoms with Crippen LogP contribution in [0.2, 0.25) is 0 Å². The molecule has 214 valence electrons. The van der Waals surface area contributed by atoms with Crippen LogP contribution in [0.5, 0.6) is 0 Å². The number of hydrogen-bond acceptors (Lipinski definition) is 6. The number of nitrogens with one attached hydrogen (secondary N) is 1. The van der Waals surface area contributed by atoms with E-state index in [4.69, 9.17) is 18.9 Å². The highest BCUT2D eigenvalue weighted by Crippen LogP contribution is 2.43. The Kier molecular flexibility index (Phi) is 9.98. The molecular formula is C33H41NO6. The first kappa shape index (κ1) is 29.7. The van der Waals surface area contributed by atoms with Gasteiger partial charge in [-0.25, -0.2) is 4.79 Å². The molecule has 0 saturated heterocycles. The van der Waals surface area contributed by atoms with E-state index in [-0.39, 0.29) is 6.61 Å². The van der Waals surface area contributed by atoms with Crippen molar-refractivity contribution in [3.8, 4) is 0 Å². The van der Waals surface area contributed by atoms with Crippen molar-refractivity contribution in [1.29, 1.82) is 0 Å². The van der Waals surface area contributed by atoms with E-state index in [2.05, 4.69) is 5.32 Å². The number of carbonyl (C=O) groups is 1. The Hall–Kier alpha value is -3.23. The second-order valence-electron chi connectivity index (χ2n) is 11.4. The zero-order valence-corrected chi connectivity index (χ0v) is 23.8. The fraction of sp³-hybridized carbons (Fsp3) is 0.424. The Balaban J connectivity index is 1.67. The van der Waals surface area contributed by atoms with Gasteiger partial charge in [0.05, 0.1) is 38.1 Å². The molecule has 7 nitrogen and oxygen atoms in total. The normalized spacial score (nSPS) is 24.5. The number of rotatable bonds is 11. The maximum absolute atomic E-state index is 13.1. The van der Waals surface area contributed by atoms with Crippen LogP contribution in [-0.2, 0) is 38.8 Å². The van der Waals surface area contributed by atoms with Crippen molar-refractivity contribution in [3.05, 3.63) is 108 Å². The molecule has 5 atom stereocenters. The van der Waals surface area contributed by atoms with Gasteiger partial charge < -0.3 is 29.4 Å². The molecule has 0 aliphatic heterocycles. The maximum Gasteiger partial charge on any atom is 0.408 e. The van der Waals surface area contributed by atoms with Crippen molar-refractivity contribution in [2.24, 2.45) is 5.92 Å². The Morgan fingerprint density at radius 2 is 1.18 bits per heavy atom. The van der Waals surface area contributed by atoms with Gasteiger partial charge in [-0.1, -0.05) is 91.0 Å². The number of benzene rings is 3. The third-order valence-corrected chi connectivity index (χ3v) is 7.19. The van der Waals surface area contributed by atoms with Gasteiger partial charge in [-0.3, -0.25) is 0 Å². The molecule has 1 aliphatic carbocycles. The van der Waals surface area contributed by atoms with Gasteiger partial charge in [0.15, 0.2) is 0 Å². The van der Waals surface area contributed by atoms with Gasteiger partial charge in [-0.2, -0.15) is 0 Å². The second-order valence-corrected chi connectivity index (χ2v) is 11.4. The van der Waals surface area contributed by atoms with Gasteiger partial charge in [0, 0.05) is 5.92 Å². The van der Waals surface area contributed by atoms with Crippen LogP contribution >= 0.6 is 0 Å². The van der Waals surface area contributed by atoms with Crippen LogP contribution in [0.3, 0.4) is 0 Å². The molecule has 1 amide bonds. The van der Waals surface area contributed by atoms with Crippen LogP contribution in [0.15, 0.2) is 91.0 Å². The summed E-state index contributed by atoms with van der Waals surface area (Å²) in [6.07, 6.45) is -2.41. The molecule has 1 aliphatic rings. The Labute approximate surface area is 237 Å². The summed E-state index contributed by atoms with van der Waals surface area (Å²) in [6, 6.07) is 29.6. The minimum atomic E-state index is -1.06. The molecule has 4 rings (SSSR count). The van der Waals surface area contributed by atoms with E-state index in [9.17, 15) is 9.90 Å². The van der Waals surface area contributed by atoms with Crippen molar-refractivity contribution in [1.82, 2.24) is 5.32 Å². The zero-order valence-electron chi connectivity index (χ0n) is 23.8. The fourth-order valence-corrected chi connectivity index (χ4v) is 5.23. The van der Waals surface area contributed by atoms with Crippen LogP contribution in [0.4, 0.5) is 4.79 Å². The summed E-state index contributed by atoms with van der Waals surface area (Å²) < 4.78 is 25.2. The predicted molar refractivity (Wildman–Crippen MR) is 153 cm³/mol. The Morgan fingerprint density at radius 1 is 0.750 bits per heavy atom. The number of carbonyl (C=O) groups excluding carboxylic acids is 1. The van der Waals surface area contributed by atoms with Crippen LogP contribution in [0.1, 0.15) is 44.4 Å². The highest BCUT2D eigenvalue weighted by atomic mass is 16.6. The number of alkyl carbamates (subject to hydrolysis) is 1. The molecule has 1 saturated carbocycles. The zero-order chi connectivity index (χ0) is 28.6. The largest absolute Gasteiger partial charge is 0.444 e. The van der Waals surface area contributed by atoms with E-state index < -0.39 is 41.5 Å². The van der Waals surface area contributed by atoms with Crippen LogP contribution in [0.25, 0.3) is 0 Å². The van der Waals surface area contributed by atoms with E-state index in [0.717, 1.165) is 16.7 Å². The lowest BCUT2D eigenvalue weighted by Gasteiger charge is -2.38. The van der Waals surface area contributed by atoms with Crippen molar-refractivity contribution in [2.45, 2.75) is 77.0 Å². The number of aliphatic hydroxyl groups is 1. The monoisotopic (exact) mass is 547 g/mol. The lowest BCUT2D eigenvalue weighted by molar-refractivity contribution is -0.132. The third-order valence-electron chi connectivity index (χ3n) is 7.19. The number of aliphatic hydroxyl groups excluding tert-OH is 1. The SMILES string of the molecule is CC(C)(C)OC(=O)N[C@]1(C)[C@H](CO)[C@H](OCc2ccccc2)[C@@H](OCc2ccccc2)[C@H]1OCc1ccccc1. The Morgan fingerprint density at radius 3 is 1.60 bits per heavy atom. The van der Waals surface area contributed by atoms with E-state index >= 15 is 0 Å². The summed E-state index contributed by atoms with van der Waals surface area (Å²) in [5.74, 6) is -0.537. The minimum Gasteiger partial charge on any atom is -0.444 e. The average Bonchev–Trinajstić information content (AvgIpc) is 3.15. The Bertz CT molecular complexity index is 1180. The molecule has 7 heteroatoms. The number of ether oxygens (including phenoxy) is 4. The first-order valence-corrected chi connectivity index (χ1v) is 13.8. The summed E-state index contributed by atoms with van der Waals surface area (Å²) in [4.78, 5) is 13.1. The topological polar surface area (TPSA) is 86.3 Å². The third kappa shape index (κ3) is 7.70. The first-order valence-electron chi connectivity index (χ1n) is 13.8. The smallest absolute Gasteiger partial charge is 0.408 e. The molecule has 40 heavy (non-hydrogen) atoms. The first-order chi connectivity index (χ1) is 19.2. The lowest BCUT2D eigenvalue weighted by Crippen LogP contribution is -2.59. The molecule has 0 radical (unpaired) electrons. The van der Waals surface area contributed by atoms with Crippen molar-refractivity contribution in [2.75, 3.05) is 6.61 Å². The summed E-state index contributed by atoms with van der Waals surface area (Å²) in [6.45, 7) is 8.01. The van der Waals surface area contributed by atoms with E-state index in [1.54, 1.807) is 0 Å². The molecule has 0 bridgehead atoms. The molecule has 0 aromatic heterocycles. The summed E-state index contributed by atoms with van der Waals surface area (Å²) in [5, 5.41) is 13.8. The highest BCUT2D eigenvalue weighted by Gasteiger charge is 2.61. The quantitative estimate of drug-likeness (QED) is 0.323. The van der Waals surface area contributed by atoms with Crippen LogP contribution in [0, 0.1) is 5.92 Å². The second kappa shape index (κ2) is 13.4. The molecule has 0 heterocycles. The molecule has 0 unspecified atom stereocenters. The minimum absolute atomic E-state index is 0.248. The number of amides is 1. The van der Waals surface area contributed by atoms with Crippen LogP contribution in [-0.4, -0.2) is 47.3 Å². The summed E-state index contributed by atoms with van der Waals surface area (Å²) >= 11 is 0. The molecule has 0 spiro atoms. The predicted octanol–water partition coefficient (Wildman–Crippen LogP) is 5.65. The van der Waals surface area contributed by atoms with Crippen molar-refractivity contribution < 1.29 is 28.8 Å². The van der Waals surface area contributed by atoms with Gasteiger partial charge >= 0.3 is 6.09 Å². The van der Waals surface area contributed by atoms with Gasteiger partial charge in [0.2, 0.25) is 0 Å². The maximum atomic E-state index is 13.1. The van der Waals surface area contributed by atoms with Gasteiger partial charge in [-0.15, -0.1) is 0 Å². The van der Waals surface area contributed by atoms with Crippen molar-refractivity contribution >= 4 is 6.09 Å². The standard InChI is InChI=1S/C33H41NO6/c1-32(2,3)40-31(36)34-33(4)27(20-35)28(37-21-24-14-8-5-9-15-24)29(38-22-25-16-10-6-11-17-25)30(33)39-23-26-18-12-7-13-19-26/h5-19,27-30,35H,20-23H2,1-4H3,(H,34,36)/t27-,28+,29-,30-,33-/m1/s1. The van der Waals surface area contributed by atoms with E-state index in [1.807, 2.05) is 119 Å². The molecule has 3 aromatic rings. The number of hydrogen-bond donors (Lipinski definition) is 2. The summed E-state index contributed by atoms with van der Waals surface area (Å²) in [7, 11) is 0. The lowest BCUT2D eigenvalue weighted by atomic mass is 9.87. The fourth-order valence-electron chi connectivity index (χ4n) is 5.23. The van der Waals surface area contributed by atoms with Gasteiger partial charge in [0.25, 0.3) is 0 Å². The molecular weight excluding hydrogens is 506 g/mol. The summed E-state index contributed by atoms with van der Waals surface area (Å²) in [5.41, 5.74) is 1.23.